The number of ether oxygens (including phenoxy) is 7. The fraction of sp³-hybridized carbons (Fsp3) is 0.509. The second kappa shape index (κ2) is 26.6. The van der Waals surface area contributed by atoms with Crippen LogP contribution >= 0.6 is 0 Å². The molecule has 2 saturated carbocycles. The Morgan fingerprint density at radius 3 is 1.99 bits per heavy atom. The van der Waals surface area contributed by atoms with Crippen LogP contribution < -0.4 is 16.0 Å². The number of rotatable bonds is 32. The molecule has 23 heteroatoms. The van der Waals surface area contributed by atoms with Crippen molar-refractivity contribution in [1.82, 2.24) is 40.1 Å². The van der Waals surface area contributed by atoms with Crippen LogP contribution in [0.5, 0.6) is 0 Å². The van der Waals surface area contributed by atoms with Gasteiger partial charge in [-0.15, -0.1) is 0 Å². The lowest BCUT2D eigenvalue weighted by Crippen LogP contribution is -2.47. The molecule has 416 valence electrons. The summed E-state index contributed by atoms with van der Waals surface area (Å²) in [5.41, 5.74) is 7.16. The van der Waals surface area contributed by atoms with Crippen molar-refractivity contribution >= 4 is 68.5 Å². The third-order valence-corrected chi connectivity index (χ3v) is 13.7. The molecule has 1 atom stereocenters. The van der Waals surface area contributed by atoms with Gasteiger partial charge in [-0.2, -0.15) is 5.10 Å². The fourth-order valence-corrected chi connectivity index (χ4v) is 9.62. The number of carbonyl (C=O) groups is 5. The zero-order valence-corrected chi connectivity index (χ0v) is 44.7. The van der Waals surface area contributed by atoms with Gasteiger partial charge in [-0.05, 0) is 82.3 Å². The van der Waals surface area contributed by atoms with E-state index in [9.17, 15) is 24.0 Å². The van der Waals surface area contributed by atoms with Gasteiger partial charge in [0, 0.05) is 60.2 Å². The number of amides is 3. The van der Waals surface area contributed by atoms with Crippen LogP contribution in [0.25, 0.3) is 33.1 Å². The van der Waals surface area contributed by atoms with Gasteiger partial charge in [-0.3, -0.25) is 28.9 Å². The second-order valence-corrected chi connectivity index (χ2v) is 19.2. The van der Waals surface area contributed by atoms with Crippen molar-refractivity contribution in [2.45, 2.75) is 78.3 Å². The molecule has 1 aliphatic heterocycles. The maximum atomic E-state index is 13.5. The Morgan fingerprint density at radius 1 is 0.744 bits per heavy atom. The molecule has 0 radical (unpaired) electrons. The smallest absolute Gasteiger partial charge is 0.289 e. The zero-order valence-electron chi connectivity index (χ0n) is 44.7. The highest BCUT2D eigenvalue weighted by atomic mass is 16.6. The Hall–Kier alpha value is -6.99. The molecule has 9 rings (SSSR count). The Labute approximate surface area is 450 Å². The molecule has 4 N–H and O–H groups in total. The molecule has 1 unspecified atom stereocenters. The van der Waals surface area contributed by atoms with Crippen molar-refractivity contribution in [2.75, 3.05) is 116 Å². The predicted molar refractivity (Wildman–Crippen MR) is 285 cm³/mol. The van der Waals surface area contributed by atoms with Gasteiger partial charge < -0.3 is 58.6 Å². The summed E-state index contributed by atoms with van der Waals surface area (Å²) in [6, 6.07) is 10.3. The van der Waals surface area contributed by atoms with Crippen molar-refractivity contribution in [3.63, 3.8) is 0 Å². The highest BCUT2D eigenvalue weighted by Crippen LogP contribution is 2.42. The SMILES string of the molecule is CCn1nc(C2CC2)cc1Nc1nc(C(=O)NCCOCCOCCOCCOCCOCCOCCOCCNc2cccc3c2C(=O)N(C2CCC(=O)CC2=O)C3=O)nc2[nH]c3cc(-c4c(C)noc4C)c(C)cc3c12. The van der Waals surface area contributed by atoms with Gasteiger partial charge in [-0.25, -0.2) is 14.6 Å². The molecule has 3 amide bonds. The van der Waals surface area contributed by atoms with Crippen molar-refractivity contribution in [3.8, 4) is 11.1 Å². The molecule has 2 aliphatic carbocycles. The Kier molecular flexibility index (Phi) is 19.0. The van der Waals surface area contributed by atoms with Gasteiger partial charge in [0.1, 0.15) is 28.8 Å². The minimum absolute atomic E-state index is 0.0129. The minimum atomic E-state index is -0.913. The van der Waals surface area contributed by atoms with Gasteiger partial charge >= 0.3 is 0 Å². The number of H-pyrrole nitrogens is 1. The molecular formula is C55H68N10O13. The summed E-state index contributed by atoms with van der Waals surface area (Å²) in [6.45, 7) is 14.5. The number of nitrogens with one attached hydrogen (secondary N) is 4. The average Bonchev–Trinajstić information content (AvgIpc) is 4.14. The molecule has 23 nitrogen and oxygen atoms in total. The minimum Gasteiger partial charge on any atom is -0.382 e. The van der Waals surface area contributed by atoms with Crippen molar-refractivity contribution < 1.29 is 61.7 Å². The number of benzene rings is 2. The molecule has 0 bridgehead atoms. The van der Waals surface area contributed by atoms with Crippen molar-refractivity contribution in [3.05, 3.63) is 76.1 Å². The lowest BCUT2D eigenvalue weighted by atomic mass is 9.92. The van der Waals surface area contributed by atoms with Gasteiger partial charge in [-0.1, -0.05) is 11.2 Å². The maximum absolute atomic E-state index is 13.5. The standard InChI is InChI=1S/C55H68N10O13/c1-5-64-46(32-42(62-64)36-9-10-36)59-51-49-40-29-33(2)39(47-34(3)63-78-35(47)4)31-43(40)58-50(49)60-52(61-51)53(68)57-14-16-72-18-20-74-22-24-76-26-28-77-27-25-75-23-21-73-19-17-71-15-13-56-41-8-6-7-38-48(41)55(70)65(54(38)69)44-12-11-37(66)30-45(44)67/h6-8,29,31-32,36,44,56H,5,9-28,30H2,1-4H3,(H,57,68)(H2,58,59,60,61). The van der Waals surface area contributed by atoms with E-state index in [1.807, 2.05) is 25.5 Å². The van der Waals surface area contributed by atoms with E-state index in [1.165, 1.54) is 0 Å². The lowest BCUT2D eigenvalue weighted by molar-refractivity contribution is -0.132. The molecule has 2 fully saturated rings. The number of aryl methyl sites for hydroxylation is 4. The topological polar surface area (TPSA) is 275 Å². The molecule has 4 aromatic heterocycles. The predicted octanol–water partition coefficient (Wildman–Crippen LogP) is 5.77. The third-order valence-electron chi connectivity index (χ3n) is 13.7. The van der Waals surface area contributed by atoms with E-state index in [0.717, 1.165) is 73.7 Å². The van der Waals surface area contributed by atoms with Crippen LogP contribution in [0.15, 0.2) is 40.9 Å². The van der Waals surface area contributed by atoms with Crippen molar-refractivity contribution in [2.24, 2.45) is 0 Å². The van der Waals surface area contributed by atoms with Gasteiger partial charge in [0.25, 0.3) is 17.7 Å². The van der Waals surface area contributed by atoms with Crippen LogP contribution in [0.1, 0.15) is 99.0 Å². The summed E-state index contributed by atoms with van der Waals surface area (Å²) in [7, 11) is 0. The summed E-state index contributed by atoms with van der Waals surface area (Å²) in [4.78, 5) is 78.0. The quantitative estimate of drug-likeness (QED) is 0.0222. The summed E-state index contributed by atoms with van der Waals surface area (Å²) >= 11 is 0. The normalized spacial score (nSPS) is 15.6. The van der Waals surface area contributed by atoms with Gasteiger partial charge in [0.05, 0.1) is 133 Å². The van der Waals surface area contributed by atoms with E-state index in [2.05, 4.69) is 51.2 Å². The van der Waals surface area contributed by atoms with Crippen LogP contribution in [0, 0.1) is 20.8 Å². The summed E-state index contributed by atoms with van der Waals surface area (Å²) in [6.07, 6.45) is 2.32. The Balaban J connectivity index is 0.589. The number of fused-ring (bicyclic) bond motifs is 4. The van der Waals surface area contributed by atoms with E-state index in [4.69, 9.17) is 52.7 Å². The van der Waals surface area contributed by atoms with Crippen molar-refractivity contribution in [1.29, 1.82) is 0 Å². The summed E-state index contributed by atoms with van der Waals surface area (Å²) in [5.74, 6) is 0.463. The van der Waals surface area contributed by atoms with Crippen LogP contribution in [0.4, 0.5) is 17.3 Å². The molecule has 3 aliphatic rings. The zero-order chi connectivity index (χ0) is 54.5. The van der Waals surface area contributed by atoms with Gasteiger partial charge in [0.15, 0.2) is 5.78 Å². The highest BCUT2D eigenvalue weighted by molar-refractivity contribution is 6.25. The highest BCUT2D eigenvalue weighted by Gasteiger charge is 2.45. The summed E-state index contributed by atoms with van der Waals surface area (Å²) < 4.78 is 46.7. The first-order valence-electron chi connectivity index (χ1n) is 26.7. The average molecular weight is 1080 g/mol. The largest absolute Gasteiger partial charge is 0.382 e. The molecule has 2 aromatic carbocycles. The Morgan fingerprint density at radius 2 is 1.38 bits per heavy atom. The number of hydrogen-bond acceptors (Lipinski definition) is 19. The Bertz CT molecular complexity index is 3090. The number of aromatic nitrogens is 6. The first-order chi connectivity index (χ1) is 38.0. The number of hydrogen-bond donors (Lipinski definition) is 4. The molecule has 6 aromatic rings. The van der Waals surface area contributed by atoms with Gasteiger partial charge in [0.2, 0.25) is 5.82 Å². The van der Waals surface area contributed by atoms with E-state index in [1.54, 1.807) is 18.2 Å². The van der Waals surface area contributed by atoms with Crippen LogP contribution in [-0.4, -0.2) is 176 Å². The number of ketones is 2. The molecule has 78 heavy (non-hydrogen) atoms. The lowest BCUT2D eigenvalue weighted by Gasteiger charge is -2.27. The number of anilines is 3. The summed E-state index contributed by atoms with van der Waals surface area (Å²) in [5, 5.41) is 20.2. The number of Topliss-reactive ketones (excluding diaryl/α,β-unsaturated/α-hetero) is 2. The maximum Gasteiger partial charge on any atom is 0.289 e. The van der Waals surface area contributed by atoms with E-state index in [-0.39, 0.29) is 55.1 Å². The molecule has 0 saturated heterocycles. The molecule has 5 heterocycles. The third kappa shape index (κ3) is 13.5. The van der Waals surface area contributed by atoms with E-state index < -0.39 is 29.5 Å². The number of imide groups is 1. The van der Waals surface area contributed by atoms with Crippen LogP contribution in [-0.2, 0) is 49.3 Å². The molecule has 0 spiro atoms. The fourth-order valence-electron chi connectivity index (χ4n) is 9.62. The van der Waals surface area contributed by atoms with E-state index in [0.29, 0.717) is 122 Å². The number of aromatic amines is 1. The first kappa shape index (κ1) is 55.8. The van der Waals surface area contributed by atoms with E-state index >= 15 is 0 Å². The second-order valence-electron chi connectivity index (χ2n) is 19.2. The first-order valence-corrected chi connectivity index (χ1v) is 26.7. The number of nitrogens with zero attached hydrogens (tertiary/aromatic N) is 6. The van der Waals surface area contributed by atoms with Crippen LogP contribution in [0.2, 0.25) is 0 Å². The number of carbonyl (C=O) groups excluding carboxylic acids is 5. The van der Waals surface area contributed by atoms with Crippen LogP contribution in [0.3, 0.4) is 0 Å². The molecular weight excluding hydrogens is 1010 g/mol. The monoisotopic (exact) mass is 1080 g/mol.